The Morgan fingerprint density at radius 3 is 2.24 bits per heavy atom. The van der Waals surface area contributed by atoms with E-state index in [9.17, 15) is 9.90 Å². The SMILES string of the molecule is CC(=O)/C=C(/C)O.COc1c[c-]c(-c2cc(CO)ccn2)c(-c2c(C)cc(C)cc2C)c1.[Pt]. The van der Waals surface area contributed by atoms with Gasteiger partial charge in [0.2, 0.25) is 0 Å². The van der Waals surface area contributed by atoms with Crippen LogP contribution in [0.4, 0.5) is 0 Å². The summed E-state index contributed by atoms with van der Waals surface area (Å²) in [7, 11) is 1.66. The van der Waals surface area contributed by atoms with Crippen LogP contribution in [-0.2, 0) is 32.5 Å². The first-order valence-corrected chi connectivity index (χ1v) is 10.3. The zero-order chi connectivity index (χ0) is 23.8. The molecule has 0 spiro atoms. The van der Waals surface area contributed by atoms with Gasteiger partial charge in [0.25, 0.3) is 0 Å². The third-order valence-corrected chi connectivity index (χ3v) is 4.77. The number of hydrogen-bond acceptors (Lipinski definition) is 5. The summed E-state index contributed by atoms with van der Waals surface area (Å²) in [5.74, 6) is 0.698. The molecule has 0 saturated carbocycles. The van der Waals surface area contributed by atoms with Crippen LogP contribution >= 0.6 is 0 Å². The minimum absolute atomic E-state index is 0. The van der Waals surface area contributed by atoms with Gasteiger partial charge in [-0.05, 0) is 51.9 Å². The smallest absolute Gasteiger partial charge is 0.155 e. The Morgan fingerprint density at radius 2 is 1.76 bits per heavy atom. The number of allylic oxidation sites excluding steroid dienone is 2. The Morgan fingerprint density at radius 1 is 1.12 bits per heavy atom. The topological polar surface area (TPSA) is 79.7 Å². The van der Waals surface area contributed by atoms with Gasteiger partial charge in [-0.25, -0.2) is 0 Å². The van der Waals surface area contributed by atoms with Crippen LogP contribution in [0.3, 0.4) is 0 Å². The van der Waals surface area contributed by atoms with Crippen LogP contribution in [0.1, 0.15) is 36.1 Å². The van der Waals surface area contributed by atoms with Crippen LogP contribution in [-0.4, -0.2) is 28.1 Å². The van der Waals surface area contributed by atoms with Gasteiger partial charge in [0.15, 0.2) is 5.78 Å². The Labute approximate surface area is 210 Å². The quantitative estimate of drug-likeness (QED) is 0.216. The molecule has 0 aliphatic carbocycles. The second-order valence-electron chi connectivity index (χ2n) is 7.71. The Balaban J connectivity index is 0.000000595. The third kappa shape index (κ3) is 7.95. The van der Waals surface area contributed by atoms with Crippen LogP contribution in [0.2, 0.25) is 0 Å². The van der Waals surface area contributed by atoms with Crippen molar-refractivity contribution < 1.29 is 40.8 Å². The molecule has 0 radical (unpaired) electrons. The van der Waals surface area contributed by atoms with Gasteiger partial charge in [-0.2, -0.15) is 0 Å². The Bertz CT molecular complexity index is 1110. The van der Waals surface area contributed by atoms with Crippen molar-refractivity contribution in [1.82, 2.24) is 4.98 Å². The third-order valence-electron chi connectivity index (χ3n) is 4.77. The average Bonchev–Trinajstić information content (AvgIpc) is 2.72. The molecule has 2 aromatic carbocycles. The predicted molar refractivity (Wildman–Crippen MR) is 128 cm³/mol. The van der Waals surface area contributed by atoms with Crippen molar-refractivity contribution in [3.05, 3.63) is 82.8 Å². The minimum atomic E-state index is -0.125. The maximum Gasteiger partial charge on any atom is 0.155 e. The van der Waals surface area contributed by atoms with Crippen LogP contribution in [0, 0.1) is 26.8 Å². The average molecular weight is 628 g/mol. The molecule has 5 nitrogen and oxygen atoms in total. The molecule has 0 amide bonds. The predicted octanol–water partition coefficient (Wildman–Crippen LogP) is 5.68. The number of carbonyl (C=O) groups is 1. The monoisotopic (exact) mass is 627 g/mol. The van der Waals surface area contributed by atoms with E-state index >= 15 is 0 Å². The summed E-state index contributed by atoms with van der Waals surface area (Å²) in [6.07, 6.45) is 2.89. The van der Waals surface area contributed by atoms with Gasteiger partial charge in [0.1, 0.15) is 0 Å². The van der Waals surface area contributed by atoms with Gasteiger partial charge in [0.05, 0.1) is 19.5 Å². The van der Waals surface area contributed by atoms with Gasteiger partial charge in [-0.3, -0.25) is 4.79 Å². The Kier molecular flexibility index (Phi) is 11.2. The van der Waals surface area contributed by atoms with Crippen LogP contribution in [0.5, 0.6) is 5.75 Å². The first-order valence-electron chi connectivity index (χ1n) is 10.3. The molecule has 1 aromatic heterocycles. The number of rotatable bonds is 5. The fourth-order valence-corrected chi connectivity index (χ4v) is 3.61. The number of methoxy groups -OCH3 is 1. The fraction of sp³-hybridized carbons (Fsp3) is 0.259. The van der Waals surface area contributed by atoms with E-state index in [2.05, 4.69) is 44.0 Å². The van der Waals surface area contributed by atoms with E-state index in [1.807, 2.05) is 24.3 Å². The van der Waals surface area contributed by atoms with Gasteiger partial charge >= 0.3 is 0 Å². The largest absolute Gasteiger partial charge is 0.540 e. The summed E-state index contributed by atoms with van der Waals surface area (Å²) >= 11 is 0. The first-order chi connectivity index (χ1) is 15.2. The molecule has 3 aromatic rings. The summed E-state index contributed by atoms with van der Waals surface area (Å²) in [4.78, 5) is 14.5. The summed E-state index contributed by atoms with van der Waals surface area (Å²) in [6, 6.07) is 15.3. The molecule has 0 bridgehead atoms. The van der Waals surface area contributed by atoms with E-state index in [4.69, 9.17) is 9.84 Å². The normalized spacial score (nSPS) is 10.6. The molecular formula is C27H30NO4Pt-. The van der Waals surface area contributed by atoms with Crippen molar-refractivity contribution in [3.8, 4) is 28.1 Å². The van der Waals surface area contributed by atoms with Crippen molar-refractivity contribution in [1.29, 1.82) is 0 Å². The first kappa shape index (κ1) is 28.3. The molecule has 0 unspecified atom stereocenters. The van der Waals surface area contributed by atoms with E-state index in [1.54, 1.807) is 13.3 Å². The molecule has 6 heteroatoms. The fourth-order valence-electron chi connectivity index (χ4n) is 3.61. The van der Waals surface area contributed by atoms with E-state index in [0.29, 0.717) is 0 Å². The minimum Gasteiger partial charge on any atom is -0.540 e. The van der Waals surface area contributed by atoms with Gasteiger partial charge in [0, 0.05) is 39.1 Å². The zero-order valence-corrected chi connectivity index (χ0v) is 22.1. The number of ether oxygens (including phenoxy) is 1. The molecule has 0 aliphatic rings. The van der Waals surface area contributed by atoms with Gasteiger partial charge in [-0.1, -0.05) is 52.1 Å². The number of carbonyl (C=O) groups excluding carboxylic acids is 1. The van der Waals surface area contributed by atoms with Gasteiger partial charge in [-0.15, -0.1) is 17.7 Å². The molecule has 1 heterocycles. The van der Waals surface area contributed by atoms with Crippen molar-refractivity contribution in [3.63, 3.8) is 0 Å². The van der Waals surface area contributed by atoms with Crippen LogP contribution in [0.15, 0.2) is 54.4 Å². The van der Waals surface area contributed by atoms with Crippen molar-refractivity contribution >= 4 is 5.78 Å². The van der Waals surface area contributed by atoms with E-state index in [1.165, 1.54) is 42.2 Å². The molecule has 178 valence electrons. The maximum absolute atomic E-state index is 10.0. The second-order valence-corrected chi connectivity index (χ2v) is 7.71. The standard InChI is InChI=1S/C22H22NO2.C5H8O2.Pt/c1-14-9-15(2)22(16(3)10-14)20-12-18(25-4)5-6-19(20)21-11-17(13-24)7-8-23-21;1-4(6)3-5(2)7;/h5,7-12,24H,13H2,1-4H3;3,6H,1-2H3;/q-1;;/b;4-3-;. The van der Waals surface area contributed by atoms with Crippen molar-refractivity contribution in [2.24, 2.45) is 0 Å². The Hall–Kier alpha value is -2.75. The molecule has 3 rings (SSSR count). The zero-order valence-electron chi connectivity index (χ0n) is 19.8. The molecule has 0 saturated heterocycles. The summed E-state index contributed by atoms with van der Waals surface area (Å²) in [5, 5.41) is 17.8. The van der Waals surface area contributed by atoms with Crippen LogP contribution < -0.4 is 4.74 Å². The van der Waals surface area contributed by atoms with Crippen molar-refractivity contribution in [2.75, 3.05) is 7.11 Å². The molecule has 33 heavy (non-hydrogen) atoms. The molecule has 0 fully saturated rings. The number of aliphatic hydroxyl groups excluding tert-OH is 2. The van der Waals surface area contributed by atoms with Crippen LogP contribution in [0.25, 0.3) is 22.4 Å². The van der Waals surface area contributed by atoms with E-state index < -0.39 is 0 Å². The summed E-state index contributed by atoms with van der Waals surface area (Å²) in [5.41, 5.74) is 8.40. The van der Waals surface area contributed by atoms with E-state index in [0.717, 1.165) is 28.1 Å². The van der Waals surface area contributed by atoms with Gasteiger partial charge < -0.3 is 19.9 Å². The number of nitrogens with zero attached hydrogens (tertiary/aromatic N) is 1. The molecule has 2 N–H and O–H groups in total. The number of aromatic nitrogens is 1. The number of hydrogen-bond donors (Lipinski definition) is 2. The number of pyridine rings is 1. The molecular weight excluding hydrogens is 597 g/mol. The number of benzene rings is 2. The number of aryl methyl sites for hydroxylation is 3. The molecule has 0 atom stereocenters. The summed E-state index contributed by atoms with van der Waals surface area (Å²) < 4.78 is 5.42. The number of aliphatic hydroxyl groups is 2. The number of ketones is 1. The summed E-state index contributed by atoms with van der Waals surface area (Å²) in [6.45, 7) is 9.19. The second kappa shape index (κ2) is 13.1. The molecule has 0 aliphatic heterocycles. The maximum atomic E-state index is 10.0. The van der Waals surface area contributed by atoms with Crippen molar-refractivity contribution in [2.45, 2.75) is 41.2 Å². The van der Waals surface area contributed by atoms with E-state index in [-0.39, 0.29) is 39.2 Å².